The van der Waals surface area contributed by atoms with Gasteiger partial charge in [0.25, 0.3) is 0 Å². The van der Waals surface area contributed by atoms with E-state index in [-0.39, 0.29) is 11.5 Å². The SMILES string of the molecule is CC(C)n1ncnc1CCCC(N)C(C)(C)C. The normalized spacial score (nSPS) is 14.3. The van der Waals surface area contributed by atoms with Gasteiger partial charge in [-0.1, -0.05) is 20.8 Å². The Kier molecular flexibility index (Phi) is 4.69. The van der Waals surface area contributed by atoms with Crippen molar-refractivity contribution in [3.63, 3.8) is 0 Å². The number of nitrogens with zero attached hydrogens (tertiary/aromatic N) is 3. The van der Waals surface area contributed by atoms with Gasteiger partial charge in [0.05, 0.1) is 0 Å². The molecule has 2 N–H and O–H groups in total. The molecule has 4 heteroatoms. The summed E-state index contributed by atoms with van der Waals surface area (Å²) < 4.78 is 1.99. The van der Waals surface area contributed by atoms with Crippen LogP contribution in [0, 0.1) is 5.41 Å². The maximum absolute atomic E-state index is 6.15. The molecule has 1 aromatic heterocycles. The Labute approximate surface area is 105 Å². The molecule has 0 bridgehead atoms. The smallest absolute Gasteiger partial charge is 0.138 e. The van der Waals surface area contributed by atoms with Gasteiger partial charge >= 0.3 is 0 Å². The van der Waals surface area contributed by atoms with E-state index in [4.69, 9.17) is 5.73 Å². The molecule has 0 spiro atoms. The minimum Gasteiger partial charge on any atom is -0.327 e. The Morgan fingerprint density at radius 3 is 2.53 bits per heavy atom. The average Bonchev–Trinajstić information content (AvgIpc) is 2.64. The van der Waals surface area contributed by atoms with Crippen molar-refractivity contribution >= 4 is 0 Å². The van der Waals surface area contributed by atoms with Crippen LogP contribution >= 0.6 is 0 Å². The molecule has 0 amide bonds. The predicted octanol–water partition coefficient (Wildman–Crippen LogP) is 2.56. The van der Waals surface area contributed by atoms with E-state index in [2.05, 4.69) is 44.7 Å². The summed E-state index contributed by atoms with van der Waals surface area (Å²) in [6, 6.07) is 0.627. The molecule has 0 aliphatic carbocycles. The van der Waals surface area contributed by atoms with Crippen LogP contribution in [0.25, 0.3) is 0 Å². The molecule has 0 radical (unpaired) electrons. The van der Waals surface area contributed by atoms with Gasteiger partial charge in [-0.05, 0) is 32.1 Å². The van der Waals surface area contributed by atoms with Crippen molar-refractivity contribution in [3.8, 4) is 0 Å². The van der Waals surface area contributed by atoms with Gasteiger partial charge < -0.3 is 5.73 Å². The lowest BCUT2D eigenvalue weighted by Gasteiger charge is -2.26. The van der Waals surface area contributed by atoms with E-state index in [1.807, 2.05) is 4.68 Å². The van der Waals surface area contributed by atoms with Crippen molar-refractivity contribution in [2.75, 3.05) is 0 Å². The van der Waals surface area contributed by atoms with Crippen LogP contribution in [-0.4, -0.2) is 20.8 Å². The maximum atomic E-state index is 6.15. The van der Waals surface area contributed by atoms with Gasteiger partial charge in [-0.2, -0.15) is 5.10 Å². The Bertz CT molecular complexity index is 335. The van der Waals surface area contributed by atoms with Crippen LogP contribution in [0.4, 0.5) is 0 Å². The van der Waals surface area contributed by atoms with E-state index < -0.39 is 0 Å². The summed E-state index contributed by atoms with van der Waals surface area (Å²) in [7, 11) is 0. The fraction of sp³-hybridized carbons (Fsp3) is 0.846. The molecule has 0 aromatic carbocycles. The molecule has 1 unspecified atom stereocenters. The van der Waals surface area contributed by atoms with Crippen molar-refractivity contribution in [1.82, 2.24) is 14.8 Å². The maximum Gasteiger partial charge on any atom is 0.138 e. The highest BCUT2D eigenvalue weighted by atomic mass is 15.3. The van der Waals surface area contributed by atoms with Gasteiger partial charge in [0, 0.05) is 18.5 Å². The van der Waals surface area contributed by atoms with Crippen molar-refractivity contribution < 1.29 is 0 Å². The van der Waals surface area contributed by atoms with Crippen LogP contribution < -0.4 is 5.73 Å². The lowest BCUT2D eigenvalue weighted by Crippen LogP contribution is -2.34. The Morgan fingerprint density at radius 1 is 1.35 bits per heavy atom. The van der Waals surface area contributed by atoms with Crippen molar-refractivity contribution in [2.24, 2.45) is 11.1 Å². The van der Waals surface area contributed by atoms with Crippen LogP contribution in [0.15, 0.2) is 6.33 Å². The fourth-order valence-corrected chi connectivity index (χ4v) is 1.80. The summed E-state index contributed by atoms with van der Waals surface area (Å²) in [5.41, 5.74) is 6.33. The van der Waals surface area contributed by atoms with Gasteiger partial charge in [-0.15, -0.1) is 0 Å². The van der Waals surface area contributed by atoms with E-state index in [0.717, 1.165) is 25.1 Å². The first-order valence-corrected chi connectivity index (χ1v) is 6.46. The first-order valence-electron chi connectivity index (χ1n) is 6.46. The van der Waals surface area contributed by atoms with Gasteiger partial charge in [-0.25, -0.2) is 9.67 Å². The van der Waals surface area contributed by atoms with Gasteiger partial charge in [0.1, 0.15) is 12.2 Å². The summed E-state index contributed by atoms with van der Waals surface area (Å²) in [5, 5.41) is 4.24. The summed E-state index contributed by atoms with van der Waals surface area (Å²) in [5.74, 6) is 1.07. The van der Waals surface area contributed by atoms with E-state index in [9.17, 15) is 0 Å². The van der Waals surface area contributed by atoms with Gasteiger partial charge in [0.15, 0.2) is 0 Å². The monoisotopic (exact) mass is 238 g/mol. The highest BCUT2D eigenvalue weighted by molar-refractivity contribution is 4.87. The first-order chi connectivity index (χ1) is 7.82. The fourth-order valence-electron chi connectivity index (χ4n) is 1.80. The van der Waals surface area contributed by atoms with Gasteiger partial charge in [-0.3, -0.25) is 0 Å². The minimum absolute atomic E-state index is 0.186. The first kappa shape index (κ1) is 14.2. The molecule has 17 heavy (non-hydrogen) atoms. The largest absolute Gasteiger partial charge is 0.327 e. The molecule has 4 nitrogen and oxygen atoms in total. The molecule has 0 aliphatic heterocycles. The van der Waals surface area contributed by atoms with Crippen LogP contribution in [0.2, 0.25) is 0 Å². The number of aryl methyl sites for hydroxylation is 1. The molecular weight excluding hydrogens is 212 g/mol. The third-order valence-electron chi connectivity index (χ3n) is 3.16. The zero-order chi connectivity index (χ0) is 13.1. The van der Waals surface area contributed by atoms with Crippen molar-refractivity contribution in [3.05, 3.63) is 12.2 Å². The van der Waals surface area contributed by atoms with E-state index >= 15 is 0 Å². The number of aromatic nitrogens is 3. The number of hydrogen-bond acceptors (Lipinski definition) is 3. The Morgan fingerprint density at radius 2 is 2.00 bits per heavy atom. The number of nitrogens with two attached hydrogens (primary N) is 1. The topological polar surface area (TPSA) is 56.7 Å². The lowest BCUT2D eigenvalue weighted by atomic mass is 9.84. The molecule has 1 atom stereocenters. The molecule has 1 rings (SSSR count). The van der Waals surface area contributed by atoms with E-state index in [1.165, 1.54) is 0 Å². The Balaban J connectivity index is 2.44. The molecule has 1 heterocycles. The predicted molar refractivity (Wildman–Crippen MR) is 70.8 cm³/mol. The second kappa shape index (κ2) is 5.63. The zero-order valence-corrected chi connectivity index (χ0v) is 11.8. The van der Waals surface area contributed by atoms with Crippen LogP contribution in [0.3, 0.4) is 0 Å². The van der Waals surface area contributed by atoms with Crippen molar-refractivity contribution in [1.29, 1.82) is 0 Å². The van der Waals surface area contributed by atoms with Crippen LogP contribution in [-0.2, 0) is 6.42 Å². The second-order valence-electron chi connectivity index (χ2n) is 6.08. The molecule has 98 valence electrons. The average molecular weight is 238 g/mol. The van der Waals surface area contributed by atoms with Crippen LogP contribution in [0.5, 0.6) is 0 Å². The molecule has 0 aliphatic rings. The minimum atomic E-state index is 0.186. The zero-order valence-electron chi connectivity index (χ0n) is 11.8. The number of hydrogen-bond donors (Lipinski definition) is 1. The third kappa shape index (κ3) is 4.11. The Hall–Kier alpha value is -0.900. The van der Waals surface area contributed by atoms with Gasteiger partial charge in [0.2, 0.25) is 0 Å². The molecule has 0 saturated carbocycles. The summed E-state index contributed by atoms with van der Waals surface area (Å²) in [6.07, 6.45) is 4.71. The second-order valence-corrected chi connectivity index (χ2v) is 6.08. The molecule has 1 aromatic rings. The third-order valence-corrected chi connectivity index (χ3v) is 3.16. The lowest BCUT2D eigenvalue weighted by molar-refractivity contribution is 0.300. The highest BCUT2D eigenvalue weighted by Gasteiger charge is 2.20. The van der Waals surface area contributed by atoms with Crippen LogP contribution in [0.1, 0.15) is 59.3 Å². The van der Waals surface area contributed by atoms with Crippen molar-refractivity contribution in [2.45, 2.75) is 66.0 Å². The summed E-state index contributed by atoms with van der Waals surface area (Å²) >= 11 is 0. The highest BCUT2D eigenvalue weighted by Crippen LogP contribution is 2.21. The van der Waals surface area contributed by atoms with E-state index in [0.29, 0.717) is 6.04 Å². The summed E-state index contributed by atoms with van der Waals surface area (Å²) in [6.45, 7) is 10.8. The molecule has 0 fully saturated rings. The molecule has 0 saturated heterocycles. The standard InChI is InChI=1S/C13H26N4/c1-10(2)17-12(15-9-16-17)8-6-7-11(14)13(3,4)5/h9-11H,6-8,14H2,1-5H3. The van der Waals surface area contributed by atoms with E-state index in [1.54, 1.807) is 6.33 Å². The quantitative estimate of drug-likeness (QED) is 0.857. The molecular formula is C13H26N4. The summed E-state index contributed by atoms with van der Waals surface area (Å²) in [4.78, 5) is 4.31. The number of rotatable bonds is 5.